The van der Waals surface area contributed by atoms with Crippen LogP contribution in [0.3, 0.4) is 0 Å². The average Bonchev–Trinajstić information content (AvgIpc) is 2.38. The molecule has 1 aromatic rings. The van der Waals surface area contributed by atoms with Gasteiger partial charge >= 0.3 is 0 Å². The summed E-state index contributed by atoms with van der Waals surface area (Å²) in [6.45, 7) is 3.59. The molecule has 0 atom stereocenters. The molecule has 0 bridgehead atoms. The fourth-order valence-electron chi connectivity index (χ4n) is 1.42. The second-order valence-electron chi connectivity index (χ2n) is 3.90. The van der Waals surface area contributed by atoms with Crippen molar-refractivity contribution in [2.45, 2.75) is 18.2 Å². The molecule has 0 saturated heterocycles. The van der Waals surface area contributed by atoms with E-state index in [0.29, 0.717) is 6.54 Å². The molecule has 7 nitrogen and oxygen atoms in total. The lowest BCUT2D eigenvalue weighted by Crippen LogP contribution is -2.32. The maximum Gasteiger partial charge on any atom is 0.270 e. The quantitative estimate of drug-likeness (QED) is 0.420. The van der Waals surface area contributed by atoms with Crippen molar-refractivity contribution in [3.05, 3.63) is 34.4 Å². The van der Waals surface area contributed by atoms with E-state index in [9.17, 15) is 18.5 Å². The van der Waals surface area contributed by atoms with E-state index >= 15 is 0 Å². The second-order valence-corrected chi connectivity index (χ2v) is 5.67. The molecular formula is C11H17N3O4S. The third-order valence-electron chi connectivity index (χ3n) is 2.36. The summed E-state index contributed by atoms with van der Waals surface area (Å²) in [6, 6.07) is 4.97. The summed E-state index contributed by atoms with van der Waals surface area (Å²) in [5.41, 5.74) is -0.244. The van der Waals surface area contributed by atoms with Crippen molar-refractivity contribution in [3.8, 4) is 0 Å². The topological polar surface area (TPSA) is 101 Å². The predicted octanol–water partition coefficient (Wildman–Crippen LogP) is 0.873. The van der Waals surface area contributed by atoms with Gasteiger partial charge in [0.1, 0.15) is 0 Å². The zero-order valence-corrected chi connectivity index (χ0v) is 11.4. The van der Waals surface area contributed by atoms with Gasteiger partial charge in [0.2, 0.25) is 10.0 Å². The minimum atomic E-state index is -3.70. The first-order valence-electron chi connectivity index (χ1n) is 5.92. The molecule has 0 unspecified atom stereocenters. The summed E-state index contributed by atoms with van der Waals surface area (Å²) >= 11 is 0. The predicted molar refractivity (Wildman–Crippen MR) is 71.4 cm³/mol. The number of hydrogen-bond acceptors (Lipinski definition) is 5. The molecule has 0 fully saturated rings. The normalized spacial score (nSPS) is 11.4. The van der Waals surface area contributed by atoms with Gasteiger partial charge in [-0.05, 0) is 19.0 Å². The Balaban J connectivity index is 2.66. The molecule has 0 saturated carbocycles. The number of nitrogens with one attached hydrogen (secondary N) is 2. The Kier molecular flexibility index (Phi) is 5.87. The molecule has 2 N–H and O–H groups in total. The molecule has 106 valence electrons. The minimum Gasteiger partial charge on any atom is -0.315 e. The van der Waals surface area contributed by atoms with Crippen molar-refractivity contribution in [3.63, 3.8) is 0 Å². The van der Waals surface area contributed by atoms with Crippen molar-refractivity contribution >= 4 is 15.7 Å². The zero-order chi connectivity index (χ0) is 14.3. The van der Waals surface area contributed by atoms with Crippen molar-refractivity contribution in [2.24, 2.45) is 0 Å². The molecule has 1 rings (SSSR count). The van der Waals surface area contributed by atoms with Crippen LogP contribution in [0.5, 0.6) is 0 Å². The van der Waals surface area contributed by atoms with Crippen LogP contribution in [0.4, 0.5) is 5.69 Å². The molecule has 19 heavy (non-hydrogen) atoms. The van der Waals surface area contributed by atoms with Gasteiger partial charge in [0.15, 0.2) is 0 Å². The third kappa shape index (κ3) is 4.93. The van der Waals surface area contributed by atoms with Gasteiger partial charge in [-0.25, -0.2) is 13.1 Å². The van der Waals surface area contributed by atoms with Crippen LogP contribution >= 0.6 is 0 Å². The summed E-state index contributed by atoms with van der Waals surface area (Å²) in [7, 11) is -3.70. The summed E-state index contributed by atoms with van der Waals surface area (Å²) in [5.74, 6) is 0. The number of hydrogen-bond donors (Lipinski definition) is 2. The first-order chi connectivity index (χ1) is 8.97. The summed E-state index contributed by atoms with van der Waals surface area (Å²) < 4.78 is 26.1. The molecule has 8 heteroatoms. The van der Waals surface area contributed by atoms with Crippen LogP contribution in [0.15, 0.2) is 29.2 Å². The Morgan fingerprint density at radius 3 is 2.63 bits per heavy atom. The average molecular weight is 287 g/mol. The van der Waals surface area contributed by atoms with Gasteiger partial charge in [0.05, 0.1) is 9.82 Å². The number of benzene rings is 1. The van der Waals surface area contributed by atoms with Gasteiger partial charge in [-0.1, -0.05) is 13.0 Å². The summed E-state index contributed by atoms with van der Waals surface area (Å²) in [6.07, 6.45) is 0.970. The van der Waals surface area contributed by atoms with Crippen LogP contribution in [0.1, 0.15) is 13.3 Å². The lowest BCUT2D eigenvalue weighted by atomic mass is 10.3. The Morgan fingerprint density at radius 1 is 1.26 bits per heavy atom. The highest BCUT2D eigenvalue weighted by Gasteiger charge is 2.16. The van der Waals surface area contributed by atoms with Crippen LogP contribution in [0.2, 0.25) is 0 Å². The molecule has 1 aromatic carbocycles. The highest BCUT2D eigenvalue weighted by Crippen LogP contribution is 2.16. The molecule has 0 aliphatic carbocycles. The highest BCUT2D eigenvalue weighted by molar-refractivity contribution is 7.89. The van der Waals surface area contributed by atoms with Crippen molar-refractivity contribution in [2.75, 3.05) is 19.6 Å². The smallest absolute Gasteiger partial charge is 0.270 e. The van der Waals surface area contributed by atoms with E-state index in [1.165, 1.54) is 18.2 Å². The van der Waals surface area contributed by atoms with Crippen molar-refractivity contribution in [1.29, 1.82) is 0 Å². The van der Waals surface area contributed by atoms with E-state index in [1.54, 1.807) is 0 Å². The zero-order valence-electron chi connectivity index (χ0n) is 10.6. The molecule has 0 aromatic heterocycles. The number of rotatable bonds is 8. The molecule has 0 radical (unpaired) electrons. The maximum absolute atomic E-state index is 11.9. The van der Waals surface area contributed by atoms with Crippen molar-refractivity contribution < 1.29 is 13.3 Å². The molecular weight excluding hydrogens is 270 g/mol. The molecule has 0 aliphatic heterocycles. The van der Waals surface area contributed by atoms with E-state index in [0.717, 1.165) is 19.0 Å². The molecule has 0 spiro atoms. The highest BCUT2D eigenvalue weighted by atomic mass is 32.2. The number of nitrogens with zero attached hydrogens (tertiary/aromatic N) is 1. The van der Waals surface area contributed by atoms with Gasteiger partial charge in [0.25, 0.3) is 5.69 Å². The minimum absolute atomic E-state index is 0.0998. The summed E-state index contributed by atoms with van der Waals surface area (Å²) in [5, 5.41) is 13.6. The van der Waals surface area contributed by atoms with E-state index in [1.807, 2.05) is 6.92 Å². The number of nitro benzene ring substituents is 1. The molecule has 0 amide bonds. The van der Waals surface area contributed by atoms with E-state index in [-0.39, 0.29) is 17.1 Å². The standard InChI is InChI=1S/C11H17N3O4S/c1-2-6-12-7-8-13-19(17,18)11-5-3-4-10(9-11)14(15)16/h3-5,9,12-13H,2,6-8H2,1H3. The van der Waals surface area contributed by atoms with Crippen LogP contribution in [-0.2, 0) is 10.0 Å². The Hall–Kier alpha value is -1.51. The largest absolute Gasteiger partial charge is 0.315 e. The van der Waals surface area contributed by atoms with E-state index in [4.69, 9.17) is 0 Å². The van der Waals surface area contributed by atoms with Crippen LogP contribution < -0.4 is 10.0 Å². The Bertz CT molecular complexity index is 530. The van der Waals surface area contributed by atoms with E-state index in [2.05, 4.69) is 10.0 Å². The van der Waals surface area contributed by atoms with Gasteiger partial charge in [-0.2, -0.15) is 0 Å². The van der Waals surface area contributed by atoms with Gasteiger partial charge in [-0.15, -0.1) is 0 Å². The lowest BCUT2D eigenvalue weighted by Gasteiger charge is -2.07. The van der Waals surface area contributed by atoms with Gasteiger partial charge in [0, 0.05) is 25.2 Å². The van der Waals surface area contributed by atoms with Crippen LogP contribution in [0.25, 0.3) is 0 Å². The molecule has 0 heterocycles. The number of nitro groups is 1. The number of non-ortho nitro benzene ring substituents is 1. The fraction of sp³-hybridized carbons (Fsp3) is 0.455. The lowest BCUT2D eigenvalue weighted by molar-refractivity contribution is -0.385. The van der Waals surface area contributed by atoms with Gasteiger partial charge < -0.3 is 5.32 Å². The Morgan fingerprint density at radius 2 is 2.00 bits per heavy atom. The van der Waals surface area contributed by atoms with E-state index < -0.39 is 14.9 Å². The van der Waals surface area contributed by atoms with Crippen LogP contribution in [-0.4, -0.2) is 33.0 Å². The van der Waals surface area contributed by atoms with Crippen LogP contribution in [0, 0.1) is 10.1 Å². The monoisotopic (exact) mass is 287 g/mol. The number of sulfonamides is 1. The fourth-order valence-corrected chi connectivity index (χ4v) is 2.49. The van der Waals surface area contributed by atoms with Gasteiger partial charge in [-0.3, -0.25) is 10.1 Å². The first kappa shape index (κ1) is 15.5. The summed E-state index contributed by atoms with van der Waals surface area (Å²) in [4.78, 5) is 9.87. The maximum atomic E-state index is 11.9. The second kappa shape index (κ2) is 7.17. The first-order valence-corrected chi connectivity index (χ1v) is 7.40. The third-order valence-corrected chi connectivity index (χ3v) is 3.82. The molecule has 0 aliphatic rings. The SMILES string of the molecule is CCCNCCNS(=O)(=O)c1cccc([N+](=O)[O-])c1. The Labute approximate surface area is 112 Å². The van der Waals surface area contributed by atoms with Crippen molar-refractivity contribution in [1.82, 2.24) is 10.0 Å².